The number of nitrogens with one attached hydrogen (secondary N) is 3. The van der Waals surface area contributed by atoms with Gasteiger partial charge in [-0.2, -0.15) is 9.97 Å². The van der Waals surface area contributed by atoms with Gasteiger partial charge in [-0.1, -0.05) is 48.5 Å². The molecule has 2 aromatic heterocycles. The van der Waals surface area contributed by atoms with Gasteiger partial charge in [-0.25, -0.2) is 9.78 Å². The van der Waals surface area contributed by atoms with Crippen LogP contribution < -0.4 is 20.7 Å². The van der Waals surface area contributed by atoms with Gasteiger partial charge in [0.05, 0.1) is 12.4 Å². The molecule has 0 spiro atoms. The predicted molar refractivity (Wildman–Crippen MR) is 169 cm³/mol. The first kappa shape index (κ1) is 28.2. The van der Waals surface area contributed by atoms with Crippen LogP contribution in [0.2, 0.25) is 0 Å². The maximum absolute atomic E-state index is 12.7. The number of carbonyl (C=O) groups is 1. The fourth-order valence-corrected chi connectivity index (χ4v) is 5.26. The summed E-state index contributed by atoms with van der Waals surface area (Å²) in [6.07, 6.45) is 4.18. The van der Waals surface area contributed by atoms with E-state index in [0.29, 0.717) is 28.7 Å². The normalized spacial score (nSPS) is 16.7. The molecule has 1 aliphatic rings. The summed E-state index contributed by atoms with van der Waals surface area (Å²) in [4.78, 5) is 26.9. The number of carbonyl (C=O) groups excluding carboxylic acids is 1. The van der Waals surface area contributed by atoms with Crippen molar-refractivity contribution in [2.24, 2.45) is 0 Å². The van der Waals surface area contributed by atoms with Gasteiger partial charge in [-0.15, -0.1) is 0 Å². The Labute approximate surface area is 250 Å². The minimum absolute atomic E-state index is 0.165. The highest BCUT2D eigenvalue weighted by atomic mass is 16.6. The van der Waals surface area contributed by atoms with E-state index in [0.717, 1.165) is 48.1 Å². The number of anilines is 4. The van der Waals surface area contributed by atoms with Crippen molar-refractivity contribution < 1.29 is 14.6 Å². The average Bonchev–Trinajstić information content (AvgIpc) is 3.44. The minimum Gasteiger partial charge on any atom is -0.410 e. The summed E-state index contributed by atoms with van der Waals surface area (Å²) in [6, 6.07) is 25.1. The van der Waals surface area contributed by atoms with E-state index in [1.165, 1.54) is 0 Å². The first-order chi connectivity index (χ1) is 20.9. The molecule has 5 aromatic rings. The van der Waals surface area contributed by atoms with Crippen molar-refractivity contribution in [2.75, 3.05) is 16.0 Å². The van der Waals surface area contributed by atoms with Crippen LogP contribution in [0.5, 0.6) is 5.75 Å². The molecule has 2 heterocycles. The van der Waals surface area contributed by atoms with Crippen molar-refractivity contribution >= 4 is 40.4 Å². The first-order valence-electron chi connectivity index (χ1n) is 14.6. The predicted octanol–water partition coefficient (Wildman–Crippen LogP) is 7.14. The van der Waals surface area contributed by atoms with E-state index in [1.54, 1.807) is 24.5 Å². The maximum atomic E-state index is 12.7. The second kappa shape index (κ2) is 12.5. The van der Waals surface area contributed by atoms with Crippen molar-refractivity contribution in [1.82, 2.24) is 19.5 Å². The van der Waals surface area contributed by atoms with Gasteiger partial charge >= 0.3 is 6.09 Å². The molecule has 220 valence electrons. The molecule has 0 atom stereocenters. The highest BCUT2D eigenvalue weighted by Crippen LogP contribution is 2.29. The SMILES string of the molecule is CC(C)n1cnc2c(Nc3cccc(NC(=O)Oc4ccc(-c5ccccc5)cc4)c3)nc(NC3CCC(O)CC3)nc21. The van der Waals surface area contributed by atoms with Crippen LogP contribution in [-0.4, -0.2) is 42.9 Å². The molecule has 6 rings (SSSR count). The number of fused-ring (bicyclic) bond motifs is 1. The topological polar surface area (TPSA) is 126 Å². The Morgan fingerprint density at radius 2 is 1.63 bits per heavy atom. The lowest BCUT2D eigenvalue weighted by atomic mass is 9.93. The summed E-state index contributed by atoms with van der Waals surface area (Å²) >= 11 is 0. The van der Waals surface area contributed by atoms with Crippen LogP contribution in [-0.2, 0) is 0 Å². The molecule has 10 nitrogen and oxygen atoms in total. The van der Waals surface area contributed by atoms with E-state index in [-0.39, 0.29) is 18.2 Å². The molecule has 0 radical (unpaired) electrons. The van der Waals surface area contributed by atoms with Gasteiger partial charge in [0.1, 0.15) is 5.75 Å². The summed E-state index contributed by atoms with van der Waals surface area (Å²) in [5.74, 6) is 1.51. The highest BCUT2D eigenvalue weighted by molar-refractivity contribution is 5.89. The molecule has 4 N–H and O–H groups in total. The molecule has 10 heteroatoms. The molecule has 43 heavy (non-hydrogen) atoms. The lowest BCUT2D eigenvalue weighted by Gasteiger charge is -2.26. The summed E-state index contributed by atoms with van der Waals surface area (Å²) < 4.78 is 7.53. The molecule has 0 bridgehead atoms. The van der Waals surface area contributed by atoms with Crippen LogP contribution in [0.3, 0.4) is 0 Å². The first-order valence-corrected chi connectivity index (χ1v) is 14.6. The number of imidazole rings is 1. The number of rotatable bonds is 8. The van der Waals surface area contributed by atoms with Gasteiger partial charge < -0.3 is 25.0 Å². The Balaban J connectivity index is 1.17. The number of nitrogens with zero attached hydrogens (tertiary/aromatic N) is 4. The molecule has 1 saturated carbocycles. The average molecular weight is 578 g/mol. The number of aliphatic hydroxyl groups is 1. The van der Waals surface area contributed by atoms with Gasteiger partial charge in [0.2, 0.25) is 5.95 Å². The second-order valence-corrected chi connectivity index (χ2v) is 11.1. The van der Waals surface area contributed by atoms with E-state index in [4.69, 9.17) is 14.7 Å². The molecule has 0 aliphatic heterocycles. The number of hydrogen-bond acceptors (Lipinski definition) is 8. The van der Waals surface area contributed by atoms with Crippen molar-refractivity contribution in [1.29, 1.82) is 0 Å². The smallest absolute Gasteiger partial charge is 0.410 e. The van der Waals surface area contributed by atoms with Gasteiger partial charge in [0, 0.05) is 23.5 Å². The van der Waals surface area contributed by atoms with Crippen LogP contribution in [0, 0.1) is 0 Å². The Kier molecular flexibility index (Phi) is 8.19. The third-order valence-corrected chi connectivity index (χ3v) is 7.55. The number of amides is 1. The van der Waals surface area contributed by atoms with Crippen LogP contribution in [0.4, 0.5) is 27.9 Å². The second-order valence-electron chi connectivity index (χ2n) is 11.1. The lowest BCUT2D eigenvalue weighted by molar-refractivity contribution is 0.126. The number of hydrogen-bond donors (Lipinski definition) is 4. The number of aliphatic hydroxyl groups excluding tert-OH is 1. The van der Waals surface area contributed by atoms with Gasteiger partial charge in [-0.05, 0) is 81.0 Å². The lowest BCUT2D eigenvalue weighted by Crippen LogP contribution is -2.29. The molecule has 0 saturated heterocycles. The molecule has 1 fully saturated rings. The van der Waals surface area contributed by atoms with Crippen LogP contribution in [0.15, 0.2) is 85.2 Å². The Hall–Kier alpha value is -4.96. The fourth-order valence-electron chi connectivity index (χ4n) is 5.26. The van der Waals surface area contributed by atoms with E-state index in [2.05, 4.69) is 34.8 Å². The summed E-state index contributed by atoms with van der Waals surface area (Å²) in [7, 11) is 0. The van der Waals surface area contributed by atoms with E-state index < -0.39 is 6.09 Å². The monoisotopic (exact) mass is 577 g/mol. The van der Waals surface area contributed by atoms with Crippen molar-refractivity contribution in [3.05, 3.63) is 85.2 Å². The largest absolute Gasteiger partial charge is 0.417 e. The van der Waals surface area contributed by atoms with Gasteiger partial charge in [0.15, 0.2) is 17.0 Å². The highest BCUT2D eigenvalue weighted by Gasteiger charge is 2.22. The number of benzene rings is 3. The van der Waals surface area contributed by atoms with Crippen LogP contribution in [0.25, 0.3) is 22.3 Å². The molecule has 1 amide bonds. The summed E-state index contributed by atoms with van der Waals surface area (Å²) in [6.45, 7) is 4.16. The molecule has 0 unspecified atom stereocenters. The molecule has 3 aromatic carbocycles. The molecule has 1 aliphatic carbocycles. The third-order valence-electron chi connectivity index (χ3n) is 7.55. The number of ether oxygens (including phenoxy) is 1. The van der Waals surface area contributed by atoms with E-state index >= 15 is 0 Å². The maximum Gasteiger partial charge on any atom is 0.417 e. The van der Waals surface area contributed by atoms with Crippen molar-refractivity contribution in [3.8, 4) is 16.9 Å². The van der Waals surface area contributed by atoms with Crippen molar-refractivity contribution in [2.45, 2.75) is 57.7 Å². The number of aromatic nitrogens is 4. The molecular weight excluding hydrogens is 542 g/mol. The Morgan fingerprint density at radius 3 is 2.37 bits per heavy atom. The Morgan fingerprint density at radius 1 is 0.907 bits per heavy atom. The fraction of sp³-hybridized carbons (Fsp3) is 0.273. The minimum atomic E-state index is -0.589. The summed E-state index contributed by atoms with van der Waals surface area (Å²) in [5, 5.41) is 19.5. The van der Waals surface area contributed by atoms with E-state index in [1.807, 2.05) is 65.2 Å². The zero-order valence-electron chi connectivity index (χ0n) is 24.2. The van der Waals surface area contributed by atoms with Gasteiger partial charge in [0.25, 0.3) is 0 Å². The Bertz CT molecular complexity index is 1700. The quantitative estimate of drug-likeness (QED) is 0.153. The van der Waals surface area contributed by atoms with Crippen LogP contribution >= 0.6 is 0 Å². The van der Waals surface area contributed by atoms with Gasteiger partial charge in [-0.3, -0.25) is 5.32 Å². The zero-order chi connectivity index (χ0) is 29.8. The molecular formula is C33H35N7O3. The van der Waals surface area contributed by atoms with Crippen LogP contribution in [0.1, 0.15) is 45.6 Å². The summed E-state index contributed by atoms with van der Waals surface area (Å²) in [5.41, 5.74) is 4.79. The standard InChI is InChI=1S/C33H35N7O3/c1-21(2)40-20-34-29-30(38-32(39-31(29)40)36-24-13-15-27(41)16-14-24)35-25-9-6-10-26(19-25)37-33(42)43-28-17-11-23(12-18-28)22-7-4-3-5-8-22/h3-12,17-21,24,27,41H,13-16H2,1-2H3,(H,37,42)(H2,35,36,38,39). The third kappa shape index (κ3) is 6.76. The zero-order valence-corrected chi connectivity index (χ0v) is 24.2. The van der Waals surface area contributed by atoms with Crippen molar-refractivity contribution in [3.63, 3.8) is 0 Å². The van der Waals surface area contributed by atoms with E-state index in [9.17, 15) is 9.90 Å².